The van der Waals surface area contributed by atoms with Crippen LogP contribution in [0.2, 0.25) is 0 Å². The van der Waals surface area contributed by atoms with Gasteiger partial charge in [0.25, 0.3) is 0 Å². The molecule has 1 amide bonds. The summed E-state index contributed by atoms with van der Waals surface area (Å²) in [5.41, 5.74) is 0.167. The highest BCUT2D eigenvalue weighted by Gasteiger charge is 2.39. The number of carbonyl (C=O) groups is 2. The summed E-state index contributed by atoms with van der Waals surface area (Å²) in [5.74, 6) is -3.73. The Balaban J connectivity index is 2.46. The van der Waals surface area contributed by atoms with E-state index in [1.54, 1.807) is 0 Å². The van der Waals surface area contributed by atoms with Crippen LogP contribution in [-0.2, 0) is 9.59 Å². The molecule has 0 bridgehead atoms. The molecule has 2 atom stereocenters. The molecule has 4 nitrogen and oxygen atoms in total. The van der Waals surface area contributed by atoms with Gasteiger partial charge in [-0.3, -0.25) is 9.59 Å². The Labute approximate surface area is 108 Å². The van der Waals surface area contributed by atoms with Crippen LogP contribution in [0.15, 0.2) is 18.2 Å². The summed E-state index contributed by atoms with van der Waals surface area (Å²) < 4.78 is 26.5. The van der Waals surface area contributed by atoms with Gasteiger partial charge in [-0.2, -0.15) is 0 Å². The number of hydrogen-bond donors (Lipinski definition) is 1. The van der Waals surface area contributed by atoms with E-state index >= 15 is 0 Å². The summed E-state index contributed by atoms with van der Waals surface area (Å²) in [6.45, 7) is 0. The molecule has 1 N–H and O–H groups in total. The Bertz CT molecular complexity index is 512. The third-order valence-corrected chi connectivity index (χ3v) is 3.40. The fourth-order valence-electron chi connectivity index (χ4n) is 2.50. The molecule has 1 heterocycles. The van der Waals surface area contributed by atoms with Gasteiger partial charge in [0.05, 0.1) is 12.0 Å². The van der Waals surface area contributed by atoms with E-state index in [0.29, 0.717) is 6.07 Å². The number of amides is 1. The Morgan fingerprint density at radius 1 is 1.32 bits per heavy atom. The van der Waals surface area contributed by atoms with Crippen LogP contribution < -0.4 is 0 Å². The van der Waals surface area contributed by atoms with Crippen LogP contribution in [0.3, 0.4) is 0 Å². The molecule has 102 valence electrons. The number of rotatable bonds is 2. The largest absolute Gasteiger partial charge is 0.481 e. The highest BCUT2D eigenvalue weighted by molar-refractivity contribution is 5.81. The van der Waals surface area contributed by atoms with Crippen LogP contribution in [0.4, 0.5) is 8.78 Å². The number of piperidine rings is 1. The molecule has 0 aliphatic carbocycles. The number of likely N-dealkylation sites (tertiary alicyclic amines) is 1. The van der Waals surface area contributed by atoms with Crippen molar-refractivity contribution in [3.8, 4) is 0 Å². The zero-order valence-corrected chi connectivity index (χ0v) is 10.3. The van der Waals surface area contributed by atoms with Gasteiger partial charge < -0.3 is 10.0 Å². The van der Waals surface area contributed by atoms with Crippen LogP contribution in [-0.4, -0.2) is 28.9 Å². The van der Waals surface area contributed by atoms with Crippen molar-refractivity contribution in [1.29, 1.82) is 0 Å². The maximum absolute atomic E-state index is 13.2. The van der Waals surface area contributed by atoms with Gasteiger partial charge in [-0.05, 0) is 24.1 Å². The average molecular weight is 269 g/mol. The van der Waals surface area contributed by atoms with E-state index in [0.717, 1.165) is 12.1 Å². The minimum atomic E-state index is -1.07. The number of carbonyl (C=O) groups excluding carboxylic acids is 1. The molecule has 0 saturated carbocycles. The highest BCUT2D eigenvalue weighted by atomic mass is 19.1. The normalized spacial score (nSPS) is 23.5. The molecule has 1 saturated heterocycles. The molecule has 1 aromatic rings. The summed E-state index contributed by atoms with van der Waals surface area (Å²) in [5, 5.41) is 9.19. The minimum absolute atomic E-state index is 0.127. The van der Waals surface area contributed by atoms with E-state index in [1.807, 2.05) is 0 Å². The number of benzene rings is 1. The van der Waals surface area contributed by atoms with Gasteiger partial charge in [0, 0.05) is 19.5 Å². The molecule has 2 unspecified atom stereocenters. The summed E-state index contributed by atoms with van der Waals surface area (Å²) >= 11 is 0. The van der Waals surface area contributed by atoms with Crippen LogP contribution in [0, 0.1) is 17.6 Å². The summed E-state index contributed by atoms with van der Waals surface area (Å²) in [4.78, 5) is 24.1. The molecule has 2 rings (SSSR count). The monoisotopic (exact) mass is 269 g/mol. The van der Waals surface area contributed by atoms with Crippen LogP contribution in [0.25, 0.3) is 0 Å². The molecule has 1 aliphatic rings. The number of nitrogens with zero attached hydrogens (tertiary/aromatic N) is 1. The first kappa shape index (κ1) is 13.5. The molecule has 0 aromatic heterocycles. The fourth-order valence-corrected chi connectivity index (χ4v) is 2.50. The Morgan fingerprint density at radius 2 is 1.89 bits per heavy atom. The summed E-state index contributed by atoms with van der Waals surface area (Å²) in [7, 11) is 1.45. The second-order valence-corrected chi connectivity index (χ2v) is 4.64. The van der Waals surface area contributed by atoms with Gasteiger partial charge in [0.2, 0.25) is 5.91 Å². The van der Waals surface area contributed by atoms with Crippen LogP contribution >= 0.6 is 0 Å². The highest BCUT2D eigenvalue weighted by Crippen LogP contribution is 2.36. The van der Waals surface area contributed by atoms with Gasteiger partial charge >= 0.3 is 5.97 Å². The lowest BCUT2D eigenvalue weighted by atomic mass is 9.84. The number of carboxylic acid groups (broad SMARTS) is 1. The Morgan fingerprint density at radius 3 is 2.42 bits per heavy atom. The second kappa shape index (κ2) is 4.95. The molecule has 0 radical (unpaired) electrons. The van der Waals surface area contributed by atoms with E-state index in [9.17, 15) is 23.5 Å². The predicted octanol–water partition coefficient (Wildman–Crippen LogP) is 1.96. The van der Waals surface area contributed by atoms with E-state index in [1.165, 1.54) is 11.9 Å². The SMILES string of the molecule is CN1C(=O)CCC(C(=O)O)C1c1cc(F)cc(F)c1. The standard InChI is InChI=1S/C13H13F2NO3/c1-16-11(17)3-2-10(13(18)19)12(16)7-4-8(14)6-9(15)5-7/h4-6,10,12H,2-3H2,1H3,(H,18,19). The molecule has 1 fully saturated rings. The third-order valence-electron chi connectivity index (χ3n) is 3.40. The van der Waals surface area contributed by atoms with Crippen molar-refractivity contribution in [3.05, 3.63) is 35.4 Å². The maximum Gasteiger partial charge on any atom is 0.308 e. The van der Waals surface area contributed by atoms with E-state index < -0.39 is 29.6 Å². The number of hydrogen-bond acceptors (Lipinski definition) is 2. The van der Waals surface area contributed by atoms with Crippen molar-refractivity contribution in [2.24, 2.45) is 5.92 Å². The van der Waals surface area contributed by atoms with Gasteiger partial charge in [-0.15, -0.1) is 0 Å². The van der Waals surface area contributed by atoms with Crippen molar-refractivity contribution >= 4 is 11.9 Å². The average Bonchev–Trinajstić information content (AvgIpc) is 2.30. The van der Waals surface area contributed by atoms with Gasteiger partial charge in [-0.25, -0.2) is 8.78 Å². The predicted molar refractivity (Wildman–Crippen MR) is 62.2 cm³/mol. The van der Waals surface area contributed by atoms with Crippen molar-refractivity contribution in [1.82, 2.24) is 4.90 Å². The molecule has 6 heteroatoms. The topological polar surface area (TPSA) is 57.6 Å². The van der Waals surface area contributed by atoms with E-state index in [-0.39, 0.29) is 24.3 Å². The zero-order valence-electron chi connectivity index (χ0n) is 10.3. The van der Waals surface area contributed by atoms with Gasteiger partial charge in [0.15, 0.2) is 0 Å². The lowest BCUT2D eigenvalue weighted by molar-refractivity contribution is -0.150. The molecule has 1 aliphatic heterocycles. The Kier molecular flexibility index (Phi) is 3.50. The van der Waals surface area contributed by atoms with Crippen LogP contribution in [0.1, 0.15) is 24.4 Å². The quantitative estimate of drug-likeness (QED) is 0.892. The van der Waals surface area contributed by atoms with Crippen molar-refractivity contribution in [3.63, 3.8) is 0 Å². The van der Waals surface area contributed by atoms with Crippen molar-refractivity contribution in [2.45, 2.75) is 18.9 Å². The minimum Gasteiger partial charge on any atom is -0.481 e. The zero-order chi connectivity index (χ0) is 14.2. The summed E-state index contributed by atoms with van der Waals surface area (Å²) in [6.07, 6.45) is 0.295. The first-order valence-corrected chi connectivity index (χ1v) is 5.84. The first-order valence-electron chi connectivity index (χ1n) is 5.84. The lowest BCUT2D eigenvalue weighted by Crippen LogP contribution is -2.43. The smallest absolute Gasteiger partial charge is 0.308 e. The van der Waals surface area contributed by atoms with Crippen molar-refractivity contribution < 1.29 is 23.5 Å². The van der Waals surface area contributed by atoms with Crippen LogP contribution in [0.5, 0.6) is 0 Å². The van der Waals surface area contributed by atoms with Crippen molar-refractivity contribution in [2.75, 3.05) is 7.05 Å². The number of aliphatic carboxylic acids is 1. The molecule has 1 aromatic carbocycles. The Hall–Kier alpha value is -1.98. The first-order chi connectivity index (χ1) is 8.90. The maximum atomic E-state index is 13.2. The fraction of sp³-hybridized carbons (Fsp3) is 0.385. The van der Waals surface area contributed by atoms with Gasteiger partial charge in [-0.1, -0.05) is 0 Å². The molecule has 0 spiro atoms. The molecular weight excluding hydrogens is 256 g/mol. The lowest BCUT2D eigenvalue weighted by Gasteiger charge is -2.37. The molecular formula is C13H13F2NO3. The molecule has 19 heavy (non-hydrogen) atoms. The van der Waals surface area contributed by atoms with E-state index in [4.69, 9.17) is 0 Å². The summed E-state index contributed by atoms with van der Waals surface area (Å²) in [6, 6.07) is 2.01. The second-order valence-electron chi connectivity index (χ2n) is 4.64. The number of halogens is 2. The van der Waals surface area contributed by atoms with Gasteiger partial charge in [0.1, 0.15) is 11.6 Å². The van der Waals surface area contributed by atoms with E-state index in [2.05, 4.69) is 0 Å². The number of carboxylic acids is 1. The third kappa shape index (κ3) is 2.57.